The van der Waals surface area contributed by atoms with Gasteiger partial charge in [-0.05, 0) is 56.7 Å². The quantitative estimate of drug-likeness (QED) is 0.316. The van der Waals surface area contributed by atoms with Gasteiger partial charge in [-0.1, -0.05) is 47.2 Å². The maximum atomic E-state index is 13.8. The van der Waals surface area contributed by atoms with Crippen LogP contribution in [0.3, 0.4) is 0 Å². The Hall–Kier alpha value is -3.88. The first kappa shape index (κ1) is 25.8. The molecule has 0 radical (unpaired) electrons. The highest BCUT2D eigenvalue weighted by atomic mass is 35.5. The molecule has 0 saturated carbocycles. The fourth-order valence-corrected chi connectivity index (χ4v) is 5.74. The highest BCUT2D eigenvalue weighted by molar-refractivity contribution is 7.07. The summed E-state index contributed by atoms with van der Waals surface area (Å²) in [5.74, 6) is 1.19. The second kappa shape index (κ2) is 10.5. The number of methoxy groups -OCH3 is 1. The van der Waals surface area contributed by atoms with Gasteiger partial charge in [0.15, 0.2) is 4.80 Å². The van der Waals surface area contributed by atoms with E-state index in [0.717, 1.165) is 11.1 Å². The minimum absolute atomic E-state index is 0.200. The SMILES string of the molecule is CCOC(=O)C1=C(C)N=c2s/c(=C\c3ccc(-c4cc(Cl)ccc4C)o3)c(=O)n2[C@H]1c1ccccc1OC. The first-order valence-corrected chi connectivity index (χ1v) is 13.2. The van der Waals surface area contributed by atoms with Crippen molar-refractivity contribution in [1.29, 1.82) is 0 Å². The number of hydrogen-bond donors (Lipinski definition) is 0. The van der Waals surface area contributed by atoms with Gasteiger partial charge in [0, 0.05) is 22.2 Å². The van der Waals surface area contributed by atoms with Gasteiger partial charge >= 0.3 is 5.97 Å². The van der Waals surface area contributed by atoms with E-state index in [1.54, 1.807) is 39.2 Å². The molecule has 2 aromatic carbocycles. The lowest BCUT2D eigenvalue weighted by Gasteiger charge is -2.25. The van der Waals surface area contributed by atoms with Gasteiger partial charge in [0.2, 0.25) is 0 Å². The van der Waals surface area contributed by atoms with Crippen molar-refractivity contribution in [3.8, 4) is 17.1 Å². The molecular formula is C29H25ClN2O5S. The molecule has 0 spiro atoms. The summed E-state index contributed by atoms with van der Waals surface area (Å²) >= 11 is 7.42. The van der Waals surface area contributed by atoms with E-state index in [1.165, 1.54) is 15.9 Å². The molecule has 38 heavy (non-hydrogen) atoms. The van der Waals surface area contributed by atoms with E-state index >= 15 is 0 Å². The number of thiazole rings is 1. The number of fused-ring (bicyclic) bond motifs is 1. The van der Waals surface area contributed by atoms with Crippen molar-refractivity contribution in [2.24, 2.45) is 4.99 Å². The Kier molecular flexibility index (Phi) is 7.10. The van der Waals surface area contributed by atoms with Crippen LogP contribution in [-0.4, -0.2) is 24.3 Å². The number of aryl methyl sites for hydroxylation is 1. The topological polar surface area (TPSA) is 83.0 Å². The lowest BCUT2D eigenvalue weighted by molar-refractivity contribution is -0.139. The Morgan fingerprint density at radius 1 is 1.18 bits per heavy atom. The number of nitrogens with zero attached hydrogens (tertiary/aromatic N) is 2. The van der Waals surface area contributed by atoms with Gasteiger partial charge in [-0.2, -0.15) is 0 Å². The van der Waals surface area contributed by atoms with Gasteiger partial charge in [-0.15, -0.1) is 0 Å². The lowest BCUT2D eigenvalue weighted by Crippen LogP contribution is -2.40. The highest BCUT2D eigenvalue weighted by Gasteiger charge is 2.35. The average Bonchev–Trinajstić information content (AvgIpc) is 3.49. The van der Waals surface area contributed by atoms with Crippen LogP contribution in [-0.2, 0) is 9.53 Å². The summed E-state index contributed by atoms with van der Waals surface area (Å²) in [5, 5.41) is 0.612. The number of carbonyl (C=O) groups is 1. The van der Waals surface area contributed by atoms with E-state index in [4.69, 9.17) is 25.5 Å². The smallest absolute Gasteiger partial charge is 0.338 e. The van der Waals surface area contributed by atoms with Crippen molar-refractivity contribution in [2.45, 2.75) is 26.8 Å². The Balaban J connectivity index is 1.67. The minimum Gasteiger partial charge on any atom is -0.496 e. The number of furan rings is 1. The number of aromatic nitrogens is 1. The fourth-order valence-electron chi connectivity index (χ4n) is 4.54. The van der Waals surface area contributed by atoms with Crippen LogP contribution in [0.2, 0.25) is 5.02 Å². The number of benzene rings is 2. The van der Waals surface area contributed by atoms with Crippen LogP contribution in [0.15, 0.2) is 80.1 Å². The Labute approximate surface area is 227 Å². The molecule has 1 aliphatic heterocycles. The summed E-state index contributed by atoms with van der Waals surface area (Å²) in [6.07, 6.45) is 1.69. The van der Waals surface area contributed by atoms with E-state index < -0.39 is 12.0 Å². The molecule has 4 aromatic rings. The van der Waals surface area contributed by atoms with Crippen LogP contribution in [0, 0.1) is 6.92 Å². The molecular weight excluding hydrogens is 524 g/mol. The predicted octanol–water partition coefficient (Wildman–Crippen LogP) is 5.03. The maximum absolute atomic E-state index is 13.8. The van der Waals surface area contributed by atoms with Gasteiger partial charge in [-0.3, -0.25) is 9.36 Å². The number of carbonyl (C=O) groups excluding carboxylic acids is 1. The zero-order chi connectivity index (χ0) is 27.0. The Morgan fingerprint density at radius 3 is 2.74 bits per heavy atom. The molecule has 5 rings (SSSR count). The number of allylic oxidation sites excluding steroid dienone is 1. The molecule has 0 fully saturated rings. The van der Waals surface area contributed by atoms with Gasteiger partial charge in [0.05, 0.1) is 29.5 Å². The standard InChI is InChI=1S/C29H25ClN2O5S/c1-5-36-28(34)25-17(3)31-29-32(26(25)20-8-6-7-9-22(20)35-4)27(33)24(38-29)15-19-12-13-23(37-19)21-14-18(30)11-10-16(21)2/h6-15,26H,5H2,1-4H3/b24-15-/t26-/m0/s1. The molecule has 194 valence electrons. The maximum Gasteiger partial charge on any atom is 0.338 e. The van der Waals surface area contributed by atoms with E-state index in [-0.39, 0.29) is 12.2 Å². The predicted molar refractivity (Wildman–Crippen MR) is 147 cm³/mol. The molecule has 0 N–H and O–H groups in total. The fraction of sp³-hybridized carbons (Fsp3) is 0.207. The number of para-hydroxylation sites is 1. The monoisotopic (exact) mass is 548 g/mol. The van der Waals surface area contributed by atoms with Crippen LogP contribution in [0.1, 0.15) is 36.8 Å². The summed E-state index contributed by atoms with van der Waals surface area (Å²) in [6, 6.07) is 15.8. The third-order valence-corrected chi connectivity index (χ3v) is 7.53. The Morgan fingerprint density at radius 2 is 1.97 bits per heavy atom. The third-order valence-electron chi connectivity index (χ3n) is 6.32. The molecule has 7 nitrogen and oxygen atoms in total. The Bertz CT molecular complexity index is 1760. The summed E-state index contributed by atoms with van der Waals surface area (Å²) in [5.41, 5.74) is 3.06. The van der Waals surface area contributed by atoms with Crippen molar-refractivity contribution in [2.75, 3.05) is 13.7 Å². The van der Waals surface area contributed by atoms with E-state index in [9.17, 15) is 9.59 Å². The van der Waals surface area contributed by atoms with Gasteiger partial charge in [0.1, 0.15) is 23.3 Å². The molecule has 9 heteroatoms. The molecule has 0 amide bonds. The van der Waals surface area contributed by atoms with Crippen LogP contribution in [0.5, 0.6) is 5.75 Å². The number of rotatable bonds is 6. The minimum atomic E-state index is -0.759. The second-order valence-corrected chi connectivity index (χ2v) is 10.2. The zero-order valence-corrected chi connectivity index (χ0v) is 22.9. The third kappa shape index (κ3) is 4.61. The zero-order valence-electron chi connectivity index (χ0n) is 21.3. The molecule has 1 atom stereocenters. The normalized spacial score (nSPS) is 15.3. The molecule has 0 aliphatic carbocycles. The second-order valence-electron chi connectivity index (χ2n) is 8.71. The van der Waals surface area contributed by atoms with Crippen LogP contribution in [0.25, 0.3) is 17.4 Å². The summed E-state index contributed by atoms with van der Waals surface area (Å²) in [4.78, 5) is 32.0. The molecule has 0 unspecified atom stereocenters. The van der Waals surface area contributed by atoms with Crippen molar-refractivity contribution < 1.29 is 18.7 Å². The van der Waals surface area contributed by atoms with E-state index in [1.807, 2.05) is 49.4 Å². The number of esters is 1. The lowest BCUT2D eigenvalue weighted by atomic mass is 9.95. The van der Waals surface area contributed by atoms with Gasteiger partial charge in [0.25, 0.3) is 5.56 Å². The van der Waals surface area contributed by atoms with Crippen LogP contribution >= 0.6 is 22.9 Å². The summed E-state index contributed by atoms with van der Waals surface area (Å²) in [7, 11) is 1.55. The average molecular weight is 549 g/mol. The van der Waals surface area contributed by atoms with E-state index in [2.05, 4.69) is 4.99 Å². The van der Waals surface area contributed by atoms with Crippen molar-refractivity contribution in [1.82, 2.24) is 4.57 Å². The van der Waals surface area contributed by atoms with Crippen LogP contribution in [0.4, 0.5) is 0 Å². The highest BCUT2D eigenvalue weighted by Crippen LogP contribution is 2.35. The van der Waals surface area contributed by atoms with Gasteiger partial charge < -0.3 is 13.9 Å². The molecule has 0 bridgehead atoms. The van der Waals surface area contributed by atoms with Crippen molar-refractivity contribution >= 4 is 35.0 Å². The van der Waals surface area contributed by atoms with E-state index in [0.29, 0.717) is 48.5 Å². The number of hydrogen-bond acceptors (Lipinski definition) is 7. The van der Waals surface area contributed by atoms with Gasteiger partial charge in [-0.25, -0.2) is 9.79 Å². The largest absolute Gasteiger partial charge is 0.496 e. The van der Waals surface area contributed by atoms with Crippen molar-refractivity contribution in [3.05, 3.63) is 107 Å². The van der Waals surface area contributed by atoms with Crippen molar-refractivity contribution in [3.63, 3.8) is 0 Å². The molecule has 0 saturated heterocycles. The summed E-state index contributed by atoms with van der Waals surface area (Å²) in [6.45, 7) is 5.67. The molecule has 1 aliphatic rings. The molecule has 2 aromatic heterocycles. The van der Waals surface area contributed by atoms with Crippen LogP contribution < -0.4 is 19.6 Å². The number of halogens is 1. The first-order valence-electron chi connectivity index (χ1n) is 12.0. The first-order chi connectivity index (χ1) is 18.3. The number of ether oxygens (including phenoxy) is 2. The summed E-state index contributed by atoms with van der Waals surface area (Å²) < 4.78 is 19.0. The molecule has 3 heterocycles.